The van der Waals surface area contributed by atoms with E-state index in [9.17, 15) is 0 Å². The summed E-state index contributed by atoms with van der Waals surface area (Å²) in [4.78, 5) is 0. The van der Waals surface area contributed by atoms with E-state index in [1.807, 2.05) is 0 Å². The van der Waals surface area contributed by atoms with Crippen LogP contribution in [0.25, 0.3) is 0 Å². The normalized spacial score (nSPS) is 15.4. The van der Waals surface area contributed by atoms with Crippen LogP contribution in [0, 0.1) is 5.92 Å². The average Bonchev–Trinajstić information content (AvgIpc) is 2.16. The van der Waals surface area contributed by atoms with Crippen LogP contribution >= 0.6 is 31.9 Å². The van der Waals surface area contributed by atoms with Crippen molar-refractivity contribution in [2.24, 2.45) is 5.92 Å². The summed E-state index contributed by atoms with van der Waals surface area (Å²) in [5.74, 6) is 1.26. The van der Waals surface area contributed by atoms with Gasteiger partial charge in [0.15, 0.2) is 0 Å². The number of hydrogen-bond donors (Lipinski definition) is 0. The maximum Gasteiger partial charge on any atom is 0.0210 e. The van der Waals surface area contributed by atoms with Gasteiger partial charge in [-0.3, -0.25) is 0 Å². The molecule has 2 heteroatoms. The minimum Gasteiger partial charge on any atom is -0.0925 e. The molecular weight excluding hydrogens is 292 g/mol. The maximum absolute atomic E-state index is 3.58. The first-order valence-corrected chi connectivity index (χ1v) is 6.38. The lowest BCUT2D eigenvalue weighted by Gasteiger charge is -2.19. The monoisotopic (exact) mass is 304 g/mol. The molecule has 13 heavy (non-hydrogen) atoms. The molecule has 0 aliphatic rings. The quantitative estimate of drug-likeness (QED) is 0.717. The van der Waals surface area contributed by atoms with Crippen molar-refractivity contribution < 1.29 is 0 Å². The number of hydrogen-bond acceptors (Lipinski definition) is 0. The molecule has 2 atom stereocenters. The van der Waals surface area contributed by atoms with E-state index >= 15 is 0 Å². The van der Waals surface area contributed by atoms with Crippen molar-refractivity contribution in [3.05, 3.63) is 34.3 Å². The smallest absolute Gasteiger partial charge is 0.0210 e. The molecule has 0 saturated carbocycles. The van der Waals surface area contributed by atoms with Gasteiger partial charge in [-0.25, -0.2) is 0 Å². The zero-order valence-electron chi connectivity index (χ0n) is 7.93. The molecule has 0 aliphatic heterocycles. The Labute approximate surface area is 97.0 Å². The highest BCUT2D eigenvalue weighted by molar-refractivity contribution is 9.10. The van der Waals surface area contributed by atoms with Crippen molar-refractivity contribution in [1.82, 2.24) is 0 Å². The second-order valence-electron chi connectivity index (χ2n) is 3.44. The lowest BCUT2D eigenvalue weighted by atomic mass is 9.90. The molecule has 1 aromatic carbocycles. The Bertz CT molecular complexity index is 271. The molecule has 0 N–H and O–H groups in total. The minimum atomic E-state index is 0.593. The highest BCUT2D eigenvalue weighted by Crippen LogP contribution is 2.30. The summed E-state index contributed by atoms with van der Waals surface area (Å²) < 4.78 is 1.22. The molecule has 0 radical (unpaired) electrons. The Hall–Kier alpha value is 0.180. The molecule has 0 aromatic heterocycles. The Balaban J connectivity index is 2.88. The average molecular weight is 306 g/mol. The van der Waals surface area contributed by atoms with Gasteiger partial charge in [0.05, 0.1) is 0 Å². The van der Waals surface area contributed by atoms with E-state index in [-0.39, 0.29) is 0 Å². The highest BCUT2D eigenvalue weighted by Gasteiger charge is 2.14. The fraction of sp³-hybridized carbons (Fsp3) is 0.455. The van der Waals surface area contributed by atoms with E-state index < -0.39 is 0 Å². The largest absolute Gasteiger partial charge is 0.0925 e. The summed E-state index contributed by atoms with van der Waals surface area (Å²) in [6.07, 6.45) is 0. The Morgan fingerprint density at radius 1 is 1.23 bits per heavy atom. The van der Waals surface area contributed by atoms with Crippen molar-refractivity contribution in [2.45, 2.75) is 19.8 Å². The summed E-state index contributed by atoms with van der Waals surface area (Å²) >= 11 is 7.10. The third kappa shape index (κ3) is 2.81. The first-order valence-electron chi connectivity index (χ1n) is 4.47. The van der Waals surface area contributed by atoms with Gasteiger partial charge in [0.25, 0.3) is 0 Å². The zero-order chi connectivity index (χ0) is 9.84. The van der Waals surface area contributed by atoms with Gasteiger partial charge in [0.1, 0.15) is 0 Å². The Kier molecular flexibility index (Phi) is 4.47. The fourth-order valence-corrected chi connectivity index (χ4v) is 2.49. The summed E-state index contributed by atoms with van der Waals surface area (Å²) in [7, 11) is 0. The number of rotatable bonds is 3. The van der Waals surface area contributed by atoms with Gasteiger partial charge in [0.2, 0.25) is 0 Å². The zero-order valence-corrected chi connectivity index (χ0v) is 11.1. The molecule has 2 unspecified atom stereocenters. The lowest BCUT2D eigenvalue weighted by Crippen LogP contribution is -2.07. The maximum atomic E-state index is 3.58. The second-order valence-corrected chi connectivity index (χ2v) is 4.94. The molecule has 0 amide bonds. The minimum absolute atomic E-state index is 0.593. The number of alkyl halides is 1. The van der Waals surface area contributed by atoms with Crippen LogP contribution in [0.4, 0.5) is 0 Å². The van der Waals surface area contributed by atoms with Crippen LogP contribution in [0.5, 0.6) is 0 Å². The fourth-order valence-electron chi connectivity index (χ4n) is 1.28. The van der Waals surface area contributed by atoms with E-state index in [0.29, 0.717) is 11.8 Å². The van der Waals surface area contributed by atoms with E-state index in [0.717, 1.165) is 5.33 Å². The van der Waals surface area contributed by atoms with Crippen LogP contribution in [0.1, 0.15) is 25.3 Å². The van der Waals surface area contributed by atoms with Gasteiger partial charge < -0.3 is 0 Å². The van der Waals surface area contributed by atoms with E-state index in [4.69, 9.17) is 0 Å². The van der Waals surface area contributed by atoms with Crippen LogP contribution in [0.2, 0.25) is 0 Å². The van der Waals surface area contributed by atoms with E-state index in [2.05, 4.69) is 70.0 Å². The third-order valence-electron chi connectivity index (χ3n) is 2.49. The molecule has 1 rings (SSSR count). The topological polar surface area (TPSA) is 0 Å². The molecule has 0 fully saturated rings. The third-order valence-corrected chi connectivity index (χ3v) is 4.24. The van der Waals surface area contributed by atoms with Crippen molar-refractivity contribution in [1.29, 1.82) is 0 Å². The van der Waals surface area contributed by atoms with Crippen molar-refractivity contribution in [3.63, 3.8) is 0 Å². The van der Waals surface area contributed by atoms with Crippen LogP contribution in [0.3, 0.4) is 0 Å². The van der Waals surface area contributed by atoms with E-state index in [1.165, 1.54) is 10.0 Å². The Morgan fingerprint density at radius 3 is 2.38 bits per heavy atom. The van der Waals surface area contributed by atoms with Crippen LogP contribution in [-0.4, -0.2) is 5.33 Å². The van der Waals surface area contributed by atoms with Crippen LogP contribution in [0.15, 0.2) is 28.7 Å². The molecule has 0 bridgehead atoms. The van der Waals surface area contributed by atoms with Gasteiger partial charge in [0, 0.05) is 9.80 Å². The predicted molar refractivity (Wildman–Crippen MR) is 65.5 cm³/mol. The molecule has 0 aliphatic carbocycles. The standard InChI is InChI=1S/C11H14Br2/c1-8(7-12)9(2)10-5-3-4-6-11(10)13/h3-6,8-9H,7H2,1-2H3. The van der Waals surface area contributed by atoms with Gasteiger partial charge >= 0.3 is 0 Å². The van der Waals surface area contributed by atoms with Gasteiger partial charge in [-0.15, -0.1) is 0 Å². The molecule has 0 saturated heterocycles. The van der Waals surface area contributed by atoms with Crippen molar-refractivity contribution >= 4 is 31.9 Å². The van der Waals surface area contributed by atoms with Gasteiger partial charge in [-0.1, -0.05) is 63.9 Å². The summed E-state index contributed by atoms with van der Waals surface area (Å²) in [5.41, 5.74) is 1.40. The number of halogens is 2. The first kappa shape index (κ1) is 11.3. The van der Waals surface area contributed by atoms with Crippen LogP contribution in [-0.2, 0) is 0 Å². The van der Waals surface area contributed by atoms with E-state index in [1.54, 1.807) is 0 Å². The molecule has 0 spiro atoms. The molecular formula is C11H14Br2. The summed E-state index contributed by atoms with van der Waals surface area (Å²) in [5, 5.41) is 1.05. The summed E-state index contributed by atoms with van der Waals surface area (Å²) in [6, 6.07) is 8.44. The van der Waals surface area contributed by atoms with Crippen molar-refractivity contribution in [3.8, 4) is 0 Å². The lowest BCUT2D eigenvalue weighted by molar-refractivity contribution is 0.545. The van der Waals surface area contributed by atoms with Crippen molar-refractivity contribution in [2.75, 3.05) is 5.33 Å². The first-order chi connectivity index (χ1) is 6.16. The van der Waals surface area contributed by atoms with Crippen LogP contribution < -0.4 is 0 Å². The molecule has 0 nitrogen and oxygen atoms in total. The number of benzene rings is 1. The van der Waals surface area contributed by atoms with Gasteiger partial charge in [-0.2, -0.15) is 0 Å². The molecule has 72 valence electrons. The SMILES string of the molecule is CC(CBr)C(C)c1ccccc1Br. The van der Waals surface area contributed by atoms with Gasteiger partial charge in [-0.05, 0) is 23.5 Å². The summed E-state index contributed by atoms with van der Waals surface area (Å²) in [6.45, 7) is 4.53. The highest BCUT2D eigenvalue weighted by atomic mass is 79.9. The molecule has 1 aromatic rings. The predicted octanol–water partition coefficient (Wildman–Crippen LogP) is 4.58. The Morgan fingerprint density at radius 2 is 1.85 bits per heavy atom. The molecule has 0 heterocycles. The second kappa shape index (κ2) is 5.16.